The molecule has 0 saturated carbocycles. The molecule has 0 spiro atoms. The summed E-state index contributed by atoms with van der Waals surface area (Å²) >= 11 is 1.62. The van der Waals surface area contributed by atoms with E-state index in [2.05, 4.69) is 11.9 Å². The highest BCUT2D eigenvalue weighted by molar-refractivity contribution is 7.99. The number of hydrogen-bond acceptors (Lipinski definition) is 4. The predicted molar refractivity (Wildman–Crippen MR) is 71.8 cm³/mol. The molecule has 98 valence electrons. The van der Waals surface area contributed by atoms with Crippen molar-refractivity contribution in [3.05, 3.63) is 23.9 Å². The van der Waals surface area contributed by atoms with Gasteiger partial charge >= 0.3 is 0 Å². The number of β-amino-alcohol motifs (C(OH)–C–C–N with tert-alkyl or cyclic N) is 1. The van der Waals surface area contributed by atoms with Crippen molar-refractivity contribution in [3.8, 4) is 0 Å². The quantitative estimate of drug-likeness (QED) is 0.848. The molecule has 1 fully saturated rings. The van der Waals surface area contributed by atoms with Crippen molar-refractivity contribution in [1.82, 2.24) is 9.88 Å². The lowest BCUT2D eigenvalue weighted by atomic mass is 10.1. The maximum Gasteiger partial charge on any atom is 0.254 e. The van der Waals surface area contributed by atoms with Gasteiger partial charge < -0.3 is 10.0 Å². The van der Waals surface area contributed by atoms with Crippen molar-refractivity contribution in [3.63, 3.8) is 0 Å². The summed E-state index contributed by atoms with van der Waals surface area (Å²) < 4.78 is 0. The van der Waals surface area contributed by atoms with E-state index in [0.717, 1.165) is 30.2 Å². The number of pyridine rings is 1. The number of carbonyl (C=O) groups excluding carboxylic acids is 1. The Kier molecular flexibility index (Phi) is 4.60. The van der Waals surface area contributed by atoms with Crippen molar-refractivity contribution in [2.75, 3.05) is 18.8 Å². The Hall–Kier alpha value is -1.07. The molecule has 1 N–H and O–H groups in total. The average Bonchev–Trinajstić information content (AvgIpc) is 2.39. The van der Waals surface area contributed by atoms with E-state index in [0.29, 0.717) is 12.1 Å². The number of aliphatic hydroxyl groups is 1. The third-order valence-corrected chi connectivity index (χ3v) is 3.77. The Morgan fingerprint density at radius 1 is 1.67 bits per heavy atom. The molecule has 4 nitrogen and oxygen atoms in total. The normalized spacial score (nSPS) is 19.9. The first kappa shape index (κ1) is 13.4. The molecule has 2 heterocycles. The Labute approximate surface area is 111 Å². The number of piperidine rings is 1. The Morgan fingerprint density at radius 2 is 2.50 bits per heavy atom. The molecule has 1 aliphatic heterocycles. The smallest absolute Gasteiger partial charge is 0.254 e. The molecular weight excluding hydrogens is 248 g/mol. The van der Waals surface area contributed by atoms with E-state index in [1.165, 1.54) is 0 Å². The fourth-order valence-electron chi connectivity index (χ4n) is 2.09. The van der Waals surface area contributed by atoms with Gasteiger partial charge in [-0.15, -0.1) is 11.8 Å². The second-order valence-corrected chi connectivity index (χ2v) is 5.65. The van der Waals surface area contributed by atoms with Gasteiger partial charge in [0.2, 0.25) is 0 Å². The van der Waals surface area contributed by atoms with Crippen LogP contribution < -0.4 is 0 Å². The number of rotatable bonds is 3. The van der Waals surface area contributed by atoms with Crippen LogP contribution in [-0.4, -0.2) is 45.8 Å². The van der Waals surface area contributed by atoms with E-state index < -0.39 is 0 Å². The summed E-state index contributed by atoms with van der Waals surface area (Å²) in [5, 5.41) is 10.5. The van der Waals surface area contributed by atoms with Gasteiger partial charge in [-0.05, 0) is 30.7 Å². The molecule has 0 radical (unpaired) electrons. The van der Waals surface area contributed by atoms with Gasteiger partial charge in [0.25, 0.3) is 5.91 Å². The van der Waals surface area contributed by atoms with Crippen molar-refractivity contribution in [1.29, 1.82) is 0 Å². The fourth-order valence-corrected chi connectivity index (χ4v) is 2.73. The van der Waals surface area contributed by atoms with Crippen LogP contribution in [0.2, 0.25) is 0 Å². The molecule has 1 saturated heterocycles. The summed E-state index contributed by atoms with van der Waals surface area (Å²) in [6, 6.07) is 3.57. The SMILES string of the molecule is CCSc1cc(C(=O)N2CCCC(O)C2)ccn1. The van der Waals surface area contributed by atoms with E-state index in [4.69, 9.17) is 0 Å². The monoisotopic (exact) mass is 266 g/mol. The van der Waals surface area contributed by atoms with Crippen LogP contribution >= 0.6 is 11.8 Å². The third-order valence-electron chi connectivity index (χ3n) is 2.96. The van der Waals surface area contributed by atoms with E-state index in [1.54, 1.807) is 28.9 Å². The van der Waals surface area contributed by atoms with Crippen molar-refractivity contribution >= 4 is 17.7 Å². The lowest BCUT2D eigenvalue weighted by Crippen LogP contribution is -2.42. The van der Waals surface area contributed by atoms with Crippen LogP contribution in [0.15, 0.2) is 23.4 Å². The summed E-state index contributed by atoms with van der Waals surface area (Å²) in [4.78, 5) is 18.2. The maximum atomic E-state index is 12.3. The number of likely N-dealkylation sites (tertiary alicyclic amines) is 1. The van der Waals surface area contributed by atoms with Crippen molar-refractivity contribution < 1.29 is 9.90 Å². The van der Waals surface area contributed by atoms with Gasteiger partial charge in [-0.1, -0.05) is 6.92 Å². The standard InChI is InChI=1S/C13H18N2O2S/c1-2-18-12-8-10(5-6-14-12)13(17)15-7-3-4-11(16)9-15/h5-6,8,11,16H,2-4,7,9H2,1H3. The van der Waals surface area contributed by atoms with Crippen molar-refractivity contribution in [2.24, 2.45) is 0 Å². The fraction of sp³-hybridized carbons (Fsp3) is 0.538. The van der Waals surface area contributed by atoms with Crippen LogP contribution in [0.4, 0.5) is 0 Å². The number of nitrogens with zero attached hydrogens (tertiary/aromatic N) is 2. The molecule has 1 atom stereocenters. The minimum Gasteiger partial charge on any atom is -0.391 e. The molecule has 5 heteroatoms. The van der Waals surface area contributed by atoms with Gasteiger partial charge in [0.1, 0.15) is 0 Å². The zero-order chi connectivity index (χ0) is 13.0. The van der Waals surface area contributed by atoms with E-state index in [-0.39, 0.29) is 12.0 Å². The molecule has 0 aromatic carbocycles. The molecule has 0 aliphatic carbocycles. The summed E-state index contributed by atoms with van der Waals surface area (Å²) in [6.45, 7) is 3.23. The summed E-state index contributed by atoms with van der Waals surface area (Å²) in [6.07, 6.45) is 2.95. The first-order valence-electron chi connectivity index (χ1n) is 6.27. The van der Waals surface area contributed by atoms with Crippen LogP contribution in [-0.2, 0) is 0 Å². The van der Waals surface area contributed by atoms with E-state index >= 15 is 0 Å². The van der Waals surface area contributed by atoms with Gasteiger partial charge in [0.05, 0.1) is 11.1 Å². The number of hydrogen-bond donors (Lipinski definition) is 1. The molecule has 18 heavy (non-hydrogen) atoms. The number of amides is 1. The second-order valence-electron chi connectivity index (χ2n) is 4.36. The van der Waals surface area contributed by atoms with Crippen LogP contribution in [0.25, 0.3) is 0 Å². The molecule has 1 amide bonds. The number of aliphatic hydroxyl groups excluding tert-OH is 1. The Bertz CT molecular complexity index is 425. The minimum atomic E-state index is -0.381. The number of aromatic nitrogens is 1. The summed E-state index contributed by atoms with van der Waals surface area (Å²) in [7, 11) is 0. The topological polar surface area (TPSA) is 53.4 Å². The Balaban J connectivity index is 2.10. The first-order chi connectivity index (χ1) is 8.70. The van der Waals surface area contributed by atoms with E-state index in [1.807, 2.05) is 6.07 Å². The van der Waals surface area contributed by atoms with Crippen LogP contribution in [0.1, 0.15) is 30.1 Å². The van der Waals surface area contributed by atoms with Gasteiger partial charge in [-0.3, -0.25) is 4.79 Å². The molecule has 1 aromatic heterocycles. The zero-order valence-corrected chi connectivity index (χ0v) is 11.3. The highest BCUT2D eigenvalue weighted by Crippen LogP contribution is 2.18. The predicted octanol–water partition coefficient (Wildman–Crippen LogP) is 1.79. The molecule has 1 aromatic rings. The summed E-state index contributed by atoms with van der Waals surface area (Å²) in [5.41, 5.74) is 0.662. The van der Waals surface area contributed by atoms with E-state index in [9.17, 15) is 9.90 Å². The average molecular weight is 266 g/mol. The highest BCUT2D eigenvalue weighted by Gasteiger charge is 2.23. The number of carbonyl (C=O) groups is 1. The number of thioether (sulfide) groups is 1. The highest BCUT2D eigenvalue weighted by atomic mass is 32.2. The lowest BCUT2D eigenvalue weighted by molar-refractivity contribution is 0.0473. The van der Waals surface area contributed by atoms with Crippen LogP contribution in [0, 0.1) is 0 Å². The molecule has 1 unspecified atom stereocenters. The molecule has 2 rings (SSSR count). The largest absolute Gasteiger partial charge is 0.391 e. The van der Waals surface area contributed by atoms with Crippen LogP contribution in [0.3, 0.4) is 0 Å². The molecule has 1 aliphatic rings. The van der Waals surface area contributed by atoms with Gasteiger partial charge in [0.15, 0.2) is 0 Å². The van der Waals surface area contributed by atoms with Gasteiger partial charge in [-0.2, -0.15) is 0 Å². The van der Waals surface area contributed by atoms with Gasteiger partial charge in [-0.25, -0.2) is 4.98 Å². The van der Waals surface area contributed by atoms with Crippen LogP contribution in [0.5, 0.6) is 0 Å². The maximum absolute atomic E-state index is 12.3. The minimum absolute atomic E-state index is 0.00546. The zero-order valence-electron chi connectivity index (χ0n) is 10.5. The molecule has 0 bridgehead atoms. The Morgan fingerprint density at radius 3 is 3.22 bits per heavy atom. The molecular formula is C13H18N2O2S. The lowest BCUT2D eigenvalue weighted by Gasteiger charge is -2.30. The van der Waals surface area contributed by atoms with Crippen molar-refractivity contribution in [2.45, 2.75) is 30.9 Å². The third kappa shape index (κ3) is 3.23. The second kappa shape index (κ2) is 6.20. The first-order valence-corrected chi connectivity index (χ1v) is 7.25. The summed E-state index contributed by atoms with van der Waals surface area (Å²) in [5.74, 6) is 0.932. The van der Waals surface area contributed by atoms with Gasteiger partial charge in [0, 0.05) is 24.8 Å².